The van der Waals surface area contributed by atoms with Gasteiger partial charge < -0.3 is 15.2 Å². The van der Waals surface area contributed by atoms with Crippen molar-refractivity contribution in [1.29, 1.82) is 0 Å². The lowest BCUT2D eigenvalue weighted by Crippen LogP contribution is -2.09. The molecule has 0 aliphatic rings. The number of rotatable bonds is 6. The molecule has 0 aromatic heterocycles. The zero-order valence-electron chi connectivity index (χ0n) is 10.8. The number of hydrogen-bond donors (Lipinski definition) is 1. The maximum Gasteiger partial charge on any atom is 0.128 e. The molecule has 20 heavy (non-hydrogen) atoms. The van der Waals surface area contributed by atoms with Crippen molar-refractivity contribution >= 4 is 15.9 Å². The molecule has 0 aliphatic carbocycles. The SMILES string of the molecule is NCc1cccc(OCCOc2cc(F)cc(Br)c2)c1. The Balaban J connectivity index is 1.81. The minimum atomic E-state index is -0.342. The van der Waals surface area contributed by atoms with E-state index >= 15 is 0 Å². The lowest BCUT2D eigenvalue weighted by atomic mass is 10.2. The van der Waals surface area contributed by atoms with E-state index in [0.717, 1.165) is 11.3 Å². The average Bonchev–Trinajstić information content (AvgIpc) is 2.43. The zero-order chi connectivity index (χ0) is 14.4. The molecule has 0 saturated heterocycles. The fraction of sp³-hybridized carbons (Fsp3) is 0.200. The van der Waals surface area contributed by atoms with Gasteiger partial charge in [-0.25, -0.2) is 4.39 Å². The summed E-state index contributed by atoms with van der Waals surface area (Å²) in [6.07, 6.45) is 0. The van der Waals surface area contributed by atoms with Crippen molar-refractivity contribution in [1.82, 2.24) is 0 Å². The molecule has 106 valence electrons. The number of halogens is 2. The van der Waals surface area contributed by atoms with Crippen LogP contribution in [0.2, 0.25) is 0 Å². The number of ether oxygens (including phenoxy) is 2. The van der Waals surface area contributed by atoms with Crippen molar-refractivity contribution in [3.63, 3.8) is 0 Å². The van der Waals surface area contributed by atoms with Crippen molar-refractivity contribution in [2.45, 2.75) is 6.54 Å². The van der Waals surface area contributed by atoms with Gasteiger partial charge in [0.2, 0.25) is 0 Å². The van der Waals surface area contributed by atoms with Crippen LogP contribution in [0.15, 0.2) is 46.9 Å². The van der Waals surface area contributed by atoms with Gasteiger partial charge in [-0.15, -0.1) is 0 Å². The second kappa shape index (κ2) is 7.26. The molecule has 3 nitrogen and oxygen atoms in total. The first-order valence-corrected chi connectivity index (χ1v) is 6.97. The average molecular weight is 340 g/mol. The molecule has 2 N–H and O–H groups in total. The van der Waals surface area contributed by atoms with Crippen LogP contribution in [-0.4, -0.2) is 13.2 Å². The van der Waals surface area contributed by atoms with Crippen LogP contribution in [0.4, 0.5) is 4.39 Å². The molecule has 0 heterocycles. The fourth-order valence-corrected chi connectivity index (χ4v) is 2.14. The molecule has 0 aliphatic heterocycles. The van der Waals surface area contributed by atoms with Crippen molar-refractivity contribution in [3.05, 3.63) is 58.3 Å². The van der Waals surface area contributed by atoms with Gasteiger partial charge in [0.25, 0.3) is 0 Å². The molecule has 0 atom stereocenters. The minimum absolute atomic E-state index is 0.336. The molecule has 2 rings (SSSR count). The number of benzene rings is 2. The maximum absolute atomic E-state index is 13.1. The van der Waals surface area contributed by atoms with Crippen LogP contribution in [0.3, 0.4) is 0 Å². The van der Waals surface area contributed by atoms with Gasteiger partial charge >= 0.3 is 0 Å². The van der Waals surface area contributed by atoms with Crippen LogP contribution in [0.1, 0.15) is 5.56 Å². The first-order chi connectivity index (χ1) is 9.67. The summed E-state index contributed by atoms with van der Waals surface area (Å²) < 4.78 is 24.7. The van der Waals surface area contributed by atoms with E-state index in [9.17, 15) is 4.39 Å². The predicted molar refractivity (Wildman–Crippen MR) is 79.4 cm³/mol. The third-order valence-electron chi connectivity index (χ3n) is 2.59. The standard InChI is InChI=1S/C15H15BrFNO2/c16-12-7-13(17)9-15(8-12)20-5-4-19-14-3-1-2-11(6-14)10-18/h1-3,6-9H,4-5,10,18H2. The maximum atomic E-state index is 13.1. The second-order valence-electron chi connectivity index (χ2n) is 4.15. The molecule has 0 spiro atoms. The van der Waals surface area contributed by atoms with Gasteiger partial charge in [0.1, 0.15) is 30.5 Å². The van der Waals surface area contributed by atoms with E-state index in [1.165, 1.54) is 12.1 Å². The molecule has 2 aromatic rings. The van der Waals surface area contributed by atoms with Gasteiger partial charge in [-0.2, -0.15) is 0 Å². The fourth-order valence-electron chi connectivity index (χ4n) is 1.69. The van der Waals surface area contributed by atoms with Crippen LogP contribution in [0.25, 0.3) is 0 Å². The highest BCUT2D eigenvalue weighted by molar-refractivity contribution is 9.10. The highest BCUT2D eigenvalue weighted by atomic mass is 79.9. The van der Waals surface area contributed by atoms with E-state index < -0.39 is 0 Å². The normalized spacial score (nSPS) is 10.3. The van der Waals surface area contributed by atoms with Gasteiger partial charge in [0, 0.05) is 17.1 Å². The van der Waals surface area contributed by atoms with E-state index in [1.54, 1.807) is 6.07 Å². The van der Waals surface area contributed by atoms with Gasteiger partial charge in [0.15, 0.2) is 0 Å². The Hall–Kier alpha value is -1.59. The highest BCUT2D eigenvalue weighted by Crippen LogP contribution is 2.20. The van der Waals surface area contributed by atoms with E-state index in [0.29, 0.717) is 30.0 Å². The number of hydrogen-bond acceptors (Lipinski definition) is 3. The topological polar surface area (TPSA) is 44.5 Å². The first kappa shape index (κ1) is 14.8. The van der Waals surface area contributed by atoms with Crippen molar-refractivity contribution < 1.29 is 13.9 Å². The molecule has 0 fully saturated rings. The van der Waals surface area contributed by atoms with Gasteiger partial charge in [-0.1, -0.05) is 28.1 Å². The minimum Gasteiger partial charge on any atom is -0.490 e. The summed E-state index contributed by atoms with van der Waals surface area (Å²) in [4.78, 5) is 0. The second-order valence-corrected chi connectivity index (χ2v) is 5.07. The summed E-state index contributed by atoms with van der Waals surface area (Å²) in [6.45, 7) is 1.19. The molecule has 0 unspecified atom stereocenters. The smallest absolute Gasteiger partial charge is 0.128 e. The number of nitrogens with two attached hydrogens (primary N) is 1. The molecule has 2 aromatic carbocycles. The first-order valence-electron chi connectivity index (χ1n) is 6.18. The Morgan fingerprint density at radius 2 is 1.75 bits per heavy atom. The van der Waals surface area contributed by atoms with Crippen LogP contribution in [0.5, 0.6) is 11.5 Å². The third kappa shape index (κ3) is 4.51. The summed E-state index contributed by atoms with van der Waals surface area (Å²) in [5.74, 6) is 0.874. The summed E-state index contributed by atoms with van der Waals surface area (Å²) in [6, 6.07) is 12.0. The van der Waals surface area contributed by atoms with E-state index in [2.05, 4.69) is 15.9 Å². The molecule has 0 bridgehead atoms. The van der Waals surface area contributed by atoms with Crippen molar-refractivity contribution in [2.75, 3.05) is 13.2 Å². The molecular formula is C15H15BrFNO2. The summed E-state index contributed by atoms with van der Waals surface area (Å²) in [5, 5.41) is 0. The van der Waals surface area contributed by atoms with E-state index in [-0.39, 0.29) is 5.82 Å². The summed E-state index contributed by atoms with van der Waals surface area (Å²) in [7, 11) is 0. The summed E-state index contributed by atoms with van der Waals surface area (Å²) >= 11 is 3.21. The molecule has 0 amide bonds. The molecule has 5 heteroatoms. The Morgan fingerprint density at radius 3 is 2.45 bits per heavy atom. The van der Waals surface area contributed by atoms with Crippen molar-refractivity contribution in [2.24, 2.45) is 5.73 Å². The monoisotopic (exact) mass is 339 g/mol. The highest BCUT2D eigenvalue weighted by Gasteiger charge is 2.01. The third-order valence-corrected chi connectivity index (χ3v) is 3.05. The van der Waals surface area contributed by atoms with E-state index in [4.69, 9.17) is 15.2 Å². The lowest BCUT2D eigenvalue weighted by Gasteiger charge is -2.09. The molecular weight excluding hydrogens is 325 g/mol. The van der Waals surface area contributed by atoms with Crippen molar-refractivity contribution in [3.8, 4) is 11.5 Å². The largest absolute Gasteiger partial charge is 0.490 e. The molecule has 0 radical (unpaired) electrons. The lowest BCUT2D eigenvalue weighted by molar-refractivity contribution is 0.216. The van der Waals surface area contributed by atoms with Gasteiger partial charge in [0.05, 0.1) is 0 Å². The Kier molecular flexibility index (Phi) is 5.38. The van der Waals surface area contributed by atoms with Crippen LogP contribution < -0.4 is 15.2 Å². The van der Waals surface area contributed by atoms with Crippen LogP contribution in [-0.2, 0) is 6.54 Å². The quantitative estimate of drug-likeness (QED) is 0.819. The zero-order valence-corrected chi connectivity index (χ0v) is 12.4. The van der Waals surface area contributed by atoms with Gasteiger partial charge in [-0.05, 0) is 29.8 Å². The van der Waals surface area contributed by atoms with Crippen LogP contribution >= 0.6 is 15.9 Å². The van der Waals surface area contributed by atoms with Gasteiger partial charge in [-0.3, -0.25) is 0 Å². The predicted octanol–water partition coefficient (Wildman–Crippen LogP) is 3.50. The molecule has 0 saturated carbocycles. The Morgan fingerprint density at radius 1 is 1.00 bits per heavy atom. The Labute approximate surface area is 125 Å². The van der Waals surface area contributed by atoms with Crippen LogP contribution in [0, 0.1) is 5.82 Å². The summed E-state index contributed by atoms with van der Waals surface area (Å²) in [5.41, 5.74) is 6.57. The Bertz CT molecular complexity index is 557. The van der Waals surface area contributed by atoms with E-state index in [1.807, 2.05) is 24.3 Å².